The van der Waals surface area contributed by atoms with Gasteiger partial charge in [-0.2, -0.15) is 0 Å². The first-order valence-electron chi connectivity index (χ1n) is 6.01. The van der Waals surface area contributed by atoms with E-state index in [9.17, 15) is 20.4 Å². The van der Waals surface area contributed by atoms with Gasteiger partial charge in [0.15, 0.2) is 17.2 Å². The van der Waals surface area contributed by atoms with E-state index in [4.69, 9.17) is 0 Å². The number of aromatic hydroxyl groups is 4. The summed E-state index contributed by atoms with van der Waals surface area (Å²) in [5.74, 6) is -1.38. The Labute approximate surface area is 119 Å². The number of nitrogens with zero attached hydrogens (tertiary/aromatic N) is 3. The summed E-state index contributed by atoms with van der Waals surface area (Å²) in [5, 5.41) is 45.5. The topological polar surface area (TPSA) is 112 Å². The first-order valence-corrected chi connectivity index (χ1v) is 6.01. The molecule has 0 amide bonds. The molecule has 0 radical (unpaired) electrons. The van der Waals surface area contributed by atoms with Crippen LogP contribution < -0.4 is 0 Å². The molecule has 0 fully saturated rings. The summed E-state index contributed by atoms with van der Waals surface area (Å²) in [6, 6.07) is 8.94. The highest BCUT2D eigenvalue weighted by Gasteiger charge is 2.13. The fourth-order valence-electron chi connectivity index (χ4n) is 1.97. The Balaban J connectivity index is 2.13. The van der Waals surface area contributed by atoms with Crippen molar-refractivity contribution in [1.82, 2.24) is 15.0 Å². The van der Waals surface area contributed by atoms with E-state index in [0.29, 0.717) is 11.4 Å². The van der Waals surface area contributed by atoms with Crippen molar-refractivity contribution < 1.29 is 20.4 Å². The smallest absolute Gasteiger partial charge is 0.200 e. The van der Waals surface area contributed by atoms with Crippen LogP contribution in [0.25, 0.3) is 16.9 Å². The van der Waals surface area contributed by atoms with Crippen LogP contribution in [-0.2, 0) is 0 Å². The lowest BCUT2D eigenvalue weighted by Gasteiger charge is -2.09. The van der Waals surface area contributed by atoms with E-state index in [0.717, 1.165) is 5.56 Å². The first kappa shape index (κ1) is 12.8. The van der Waals surface area contributed by atoms with Gasteiger partial charge in [-0.05, 0) is 24.3 Å². The average molecular weight is 285 g/mol. The maximum Gasteiger partial charge on any atom is 0.200 e. The third kappa shape index (κ3) is 2.20. The summed E-state index contributed by atoms with van der Waals surface area (Å²) >= 11 is 0. The summed E-state index contributed by atoms with van der Waals surface area (Å²) in [7, 11) is 0. The highest BCUT2D eigenvalue weighted by atomic mass is 16.3. The second-order valence-corrected chi connectivity index (χ2v) is 4.41. The highest BCUT2D eigenvalue weighted by molar-refractivity contribution is 5.64. The van der Waals surface area contributed by atoms with E-state index in [-0.39, 0.29) is 5.75 Å². The fourth-order valence-corrected chi connectivity index (χ4v) is 1.97. The maximum atomic E-state index is 9.57. The predicted molar refractivity (Wildman–Crippen MR) is 73.5 cm³/mol. The van der Waals surface area contributed by atoms with Gasteiger partial charge in [-0.15, -0.1) is 5.10 Å². The van der Waals surface area contributed by atoms with E-state index >= 15 is 0 Å². The van der Waals surface area contributed by atoms with Gasteiger partial charge in [0.1, 0.15) is 5.75 Å². The third-order valence-electron chi connectivity index (χ3n) is 3.01. The SMILES string of the molecule is Oc1ccc(-c2cnnn2-c2cc(O)c(O)c(O)c2)cc1. The normalized spacial score (nSPS) is 10.7. The maximum absolute atomic E-state index is 9.57. The molecule has 0 aliphatic heterocycles. The van der Waals surface area contributed by atoms with Gasteiger partial charge in [0.05, 0.1) is 17.6 Å². The Morgan fingerprint density at radius 1 is 0.857 bits per heavy atom. The number of hydrogen-bond donors (Lipinski definition) is 4. The van der Waals surface area contributed by atoms with Gasteiger partial charge in [-0.1, -0.05) is 5.21 Å². The van der Waals surface area contributed by atoms with Gasteiger partial charge in [-0.3, -0.25) is 0 Å². The summed E-state index contributed by atoms with van der Waals surface area (Å²) in [5.41, 5.74) is 1.67. The number of aromatic nitrogens is 3. The molecule has 21 heavy (non-hydrogen) atoms. The van der Waals surface area contributed by atoms with Gasteiger partial charge < -0.3 is 20.4 Å². The van der Waals surface area contributed by atoms with Crippen LogP contribution in [0.2, 0.25) is 0 Å². The van der Waals surface area contributed by atoms with E-state index in [2.05, 4.69) is 10.3 Å². The lowest BCUT2D eigenvalue weighted by atomic mass is 10.1. The Morgan fingerprint density at radius 3 is 2.10 bits per heavy atom. The molecule has 0 aliphatic rings. The van der Waals surface area contributed by atoms with Crippen LogP contribution in [0, 0.1) is 0 Å². The zero-order chi connectivity index (χ0) is 15.0. The van der Waals surface area contributed by atoms with Gasteiger partial charge in [0, 0.05) is 17.7 Å². The van der Waals surface area contributed by atoms with E-state index in [1.807, 2.05) is 0 Å². The molecule has 1 aromatic heterocycles. The van der Waals surface area contributed by atoms with Crippen LogP contribution >= 0.6 is 0 Å². The summed E-state index contributed by atoms with van der Waals surface area (Å²) in [6.45, 7) is 0. The molecule has 7 heteroatoms. The number of phenols is 4. The molecule has 0 saturated carbocycles. The second-order valence-electron chi connectivity index (χ2n) is 4.41. The van der Waals surface area contributed by atoms with Crippen LogP contribution in [0.1, 0.15) is 0 Å². The molecule has 0 bridgehead atoms. The second kappa shape index (κ2) is 4.71. The van der Waals surface area contributed by atoms with Crippen molar-refractivity contribution in [3.63, 3.8) is 0 Å². The number of hydrogen-bond acceptors (Lipinski definition) is 6. The fraction of sp³-hybridized carbons (Fsp3) is 0. The van der Waals surface area contributed by atoms with Crippen molar-refractivity contribution in [3.8, 4) is 39.9 Å². The average Bonchev–Trinajstić information content (AvgIpc) is 2.94. The largest absolute Gasteiger partial charge is 0.508 e. The van der Waals surface area contributed by atoms with Crippen LogP contribution in [-0.4, -0.2) is 35.4 Å². The number of rotatable bonds is 2. The third-order valence-corrected chi connectivity index (χ3v) is 3.01. The van der Waals surface area contributed by atoms with E-state index < -0.39 is 17.2 Å². The lowest BCUT2D eigenvalue weighted by molar-refractivity contribution is 0.367. The Hall–Kier alpha value is -3.22. The molecule has 7 nitrogen and oxygen atoms in total. The monoisotopic (exact) mass is 285 g/mol. The zero-order valence-electron chi connectivity index (χ0n) is 10.7. The molecular formula is C14H11N3O4. The minimum atomic E-state index is -0.593. The van der Waals surface area contributed by atoms with Crippen molar-refractivity contribution in [2.45, 2.75) is 0 Å². The first-order chi connectivity index (χ1) is 10.1. The molecule has 3 rings (SSSR count). The minimum absolute atomic E-state index is 0.137. The predicted octanol–water partition coefficient (Wildman–Crippen LogP) is 1.76. The molecule has 0 aliphatic carbocycles. The molecule has 0 spiro atoms. The van der Waals surface area contributed by atoms with Crippen molar-refractivity contribution in [1.29, 1.82) is 0 Å². The quantitative estimate of drug-likeness (QED) is 0.534. The zero-order valence-corrected chi connectivity index (χ0v) is 10.7. The lowest BCUT2D eigenvalue weighted by Crippen LogP contribution is -1.99. The number of benzene rings is 2. The molecule has 0 saturated heterocycles. The molecular weight excluding hydrogens is 274 g/mol. The van der Waals surface area contributed by atoms with Gasteiger partial charge in [0.2, 0.25) is 0 Å². The molecule has 0 atom stereocenters. The Morgan fingerprint density at radius 2 is 1.48 bits per heavy atom. The molecule has 1 heterocycles. The summed E-state index contributed by atoms with van der Waals surface area (Å²) < 4.78 is 1.39. The minimum Gasteiger partial charge on any atom is -0.508 e. The summed E-state index contributed by atoms with van der Waals surface area (Å²) in [6.07, 6.45) is 1.51. The van der Waals surface area contributed by atoms with Crippen molar-refractivity contribution in [3.05, 3.63) is 42.6 Å². The standard InChI is InChI=1S/C14H11N3O4/c18-10-3-1-8(2-4-10)11-7-15-16-17(11)9-5-12(19)14(21)13(20)6-9/h1-7,18-21H. The van der Waals surface area contributed by atoms with Crippen molar-refractivity contribution >= 4 is 0 Å². The molecule has 4 N–H and O–H groups in total. The molecule has 106 valence electrons. The van der Waals surface area contributed by atoms with Crippen LogP contribution in [0.4, 0.5) is 0 Å². The van der Waals surface area contributed by atoms with E-state index in [1.54, 1.807) is 12.1 Å². The van der Waals surface area contributed by atoms with Gasteiger partial charge >= 0.3 is 0 Å². The van der Waals surface area contributed by atoms with Crippen LogP contribution in [0.15, 0.2) is 42.6 Å². The van der Waals surface area contributed by atoms with Crippen molar-refractivity contribution in [2.75, 3.05) is 0 Å². The molecule has 0 unspecified atom stereocenters. The molecule has 3 aromatic rings. The highest BCUT2D eigenvalue weighted by Crippen LogP contribution is 2.37. The molecule has 2 aromatic carbocycles. The van der Waals surface area contributed by atoms with Crippen LogP contribution in [0.3, 0.4) is 0 Å². The van der Waals surface area contributed by atoms with E-state index in [1.165, 1.54) is 35.1 Å². The Bertz CT molecular complexity index is 773. The van der Waals surface area contributed by atoms with Gasteiger partial charge in [0.25, 0.3) is 0 Å². The van der Waals surface area contributed by atoms with Crippen LogP contribution in [0.5, 0.6) is 23.0 Å². The Kier molecular flexibility index (Phi) is 2.87. The summed E-state index contributed by atoms with van der Waals surface area (Å²) in [4.78, 5) is 0. The van der Waals surface area contributed by atoms with Gasteiger partial charge in [-0.25, -0.2) is 4.68 Å². The number of phenolic OH excluding ortho intramolecular Hbond substituents is 4. The van der Waals surface area contributed by atoms with Crippen molar-refractivity contribution in [2.24, 2.45) is 0 Å².